The first kappa shape index (κ1) is 20.8. The highest BCUT2D eigenvalue weighted by Gasteiger charge is 2.23. The molecule has 35 heavy (non-hydrogen) atoms. The number of rotatable bonds is 6. The fraction of sp³-hybridized carbons (Fsp3) is 0.148. The van der Waals surface area contributed by atoms with Gasteiger partial charge in [-0.05, 0) is 18.6 Å². The van der Waals surface area contributed by atoms with Gasteiger partial charge in [-0.1, -0.05) is 36.4 Å². The average Bonchev–Trinajstić information content (AvgIpc) is 3.65. The van der Waals surface area contributed by atoms with Crippen LogP contribution in [0.15, 0.2) is 84.4 Å². The van der Waals surface area contributed by atoms with Gasteiger partial charge in [0, 0.05) is 72.3 Å². The zero-order chi connectivity index (χ0) is 23.9. The Bertz CT molecular complexity index is 1770. The summed E-state index contributed by atoms with van der Waals surface area (Å²) in [6, 6.07) is 18.3. The molecule has 1 N–H and O–H groups in total. The Morgan fingerprint density at radius 2 is 1.77 bits per heavy atom. The normalized spacial score (nSPS) is 11.4. The zero-order valence-electron chi connectivity index (χ0n) is 19.2. The lowest BCUT2D eigenvalue weighted by Gasteiger charge is -2.07. The molecular weight excluding hydrogens is 438 g/mol. The number of aromatic nitrogens is 6. The van der Waals surface area contributed by atoms with Gasteiger partial charge in [-0.2, -0.15) is 5.26 Å². The molecule has 2 aromatic carbocycles. The molecule has 8 nitrogen and oxygen atoms in total. The smallest absolute Gasteiger partial charge is 0.331 e. The Labute approximate surface area is 200 Å². The fourth-order valence-corrected chi connectivity index (χ4v) is 4.96. The van der Waals surface area contributed by atoms with E-state index < -0.39 is 0 Å². The minimum absolute atomic E-state index is 0.254. The van der Waals surface area contributed by atoms with Crippen molar-refractivity contribution in [2.24, 2.45) is 7.05 Å². The van der Waals surface area contributed by atoms with Gasteiger partial charge in [0.25, 0.3) is 0 Å². The number of benzene rings is 2. The van der Waals surface area contributed by atoms with E-state index >= 15 is 0 Å². The summed E-state index contributed by atoms with van der Waals surface area (Å²) < 4.78 is 7.90. The van der Waals surface area contributed by atoms with Gasteiger partial charge in [0.05, 0.1) is 17.7 Å². The SMILES string of the molecule is Cn1cc(-n2c(-c3cn(CCCn4ccnc4)c4ccccc34)c(C#N)[nH]c2=O)c2ccccc21. The topological polar surface area (TPSA) is 89.3 Å². The summed E-state index contributed by atoms with van der Waals surface area (Å²) >= 11 is 0. The Morgan fingerprint density at radius 1 is 1.00 bits per heavy atom. The second kappa shape index (κ2) is 8.22. The summed E-state index contributed by atoms with van der Waals surface area (Å²) in [5, 5.41) is 11.9. The molecule has 0 radical (unpaired) electrons. The van der Waals surface area contributed by atoms with Crippen LogP contribution in [0.25, 0.3) is 38.8 Å². The van der Waals surface area contributed by atoms with Gasteiger partial charge in [-0.3, -0.25) is 9.55 Å². The first-order chi connectivity index (χ1) is 17.2. The maximum Gasteiger partial charge on any atom is 0.331 e. The molecular formula is C27H23N7O. The van der Waals surface area contributed by atoms with Crippen LogP contribution in [0, 0.1) is 11.3 Å². The molecule has 6 aromatic rings. The summed E-state index contributed by atoms with van der Waals surface area (Å²) in [6.45, 7) is 1.65. The van der Waals surface area contributed by atoms with Crippen molar-refractivity contribution in [1.82, 2.24) is 28.2 Å². The van der Waals surface area contributed by atoms with Crippen molar-refractivity contribution in [3.63, 3.8) is 0 Å². The monoisotopic (exact) mass is 461 g/mol. The van der Waals surface area contributed by atoms with E-state index in [-0.39, 0.29) is 11.4 Å². The third-order valence-electron chi connectivity index (χ3n) is 6.54. The molecule has 0 bridgehead atoms. The molecule has 0 aliphatic rings. The Hall–Kier alpha value is -4.77. The number of fused-ring (bicyclic) bond motifs is 2. The predicted octanol–water partition coefficient (Wildman–Crippen LogP) is 4.44. The Balaban J connectivity index is 1.53. The molecule has 0 aliphatic carbocycles. The fourth-order valence-electron chi connectivity index (χ4n) is 4.96. The van der Waals surface area contributed by atoms with Crippen molar-refractivity contribution in [2.75, 3.05) is 0 Å². The third-order valence-corrected chi connectivity index (χ3v) is 6.54. The van der Waals surface area contributed by atoms with Crippen molar-refractivity contribution in [2.45, 2.75) is 19.5 Å². The van der Waals surface area contributed by atoms with Crippen LogP contribution in [-0.4, -0.2) is 28.2 Å². The van der Waals surface area contributed by atoms with E-state index in [1.54, 1.807) is 10.8 Å². The van der Waals surface area contributed by atoms with Crippen molar-refractivity contribution in [1.29, 1.82) is 5.26 Å². The van der Waals surface area contributed by atoms with E-state index in [0.717, 1.165) is 52.6 Å². The highest BCUT2D eigenvalue weighted by atomic mass is 16.1. The van der Waals surface area contributed by atoms with E-state index in [0.29, 0.717) is 5.69 Å². The van der Waals surface area contributed by atoms with E-state index in [1.807, 2.05) is 72.8 Å². The lowest BCUT2D eigenvalue weighted by molar-refractivity contribution is 0.573. The van der Waals surface area contributed by atoms with E-state index in [4.69, 9.17) is 0 Å². The number of aromatic amines is 1. The molecule has 0 spiro atoms. The second-order valence-electron chi connectivity index (χ2n) is 8.65. The van der Waals surface area contributed by atoms with Crippen LogP contribution >= 0.6 is 0 Å². The molecule has 0 amide bonds. The molecule has 0 saturated carbocycles. The first-order valence-electron chi connectivity index (χ1n) is 11.5. The van der Waals surface area contributed by atoms with Gasteiger partial charge in [0.1, 0.15) is 11.8 Å². The number of aryl methyl sites for hydroxylation is 3. The molecule has 0 saturated heterocycles. The van der Waals surface area contributed by atoms with Crippen LogP contribution in [0.4, 0.5) is 0 Å². The van der Waals surface area contributed by atoms with Crippen molar-refractivity contribution < 1.29 is 0 Å². The van der Waals surface area contributed by atoms with Gasteiger partial charge in [-0.25, -0.2) is 9.78 Å². The quantitative estimate of drug-likeness (QED) is 0.398. The molecule has 0 atom stereocenters. The minimum Gasteiger partial charge on any atom is -0.348 e. The van der Waals surface area contributed by atoms with Gasteiger partial charge < -0.3 is 13.7 Å². The number of H-pyrrole nitrogens is 1. The average molecular weight is 462 g/mol. The number of para-hydroxylation sites is 2. The zero-order valence-corrected chi connectivity index (χ0v) is 19.2. The lowest BCUT2D eigenvalue weighted by atomic mass is 10.1. The van der Waals surface area contributed by atoms with Crippen molar-refractivity contribution in [3.05, 3.63) is 95.8 Å². The first-order valence-corrected chi connectivity index (χ1v) is 11.5. The highest BCUT2D eigenvalue weighted by molar-refractivity contribution is 5.98. The Kier molecular flexibility index (Phi) is 4.89. The minimum atomic E-state index is -0.329. The highest BCUT2D eigenvalue weighted by Crippen LogP contribution is 2.35. The molecule has 6 rings (SSSR count). The number of nitrogens with one attached hydrogen (secondary N) is 1. The number of nitrogens with zero attached hydrogens (tertiary/aromatic N) is 6. The largest absolute Gasteiger partial charge is 0.348 e. The summed E-state index contributed by atoms with van der Waals surface area (Å²) in [5.41, 5.74) is 4.19. The molecule has 8 heteroatoms. The van der Waals surface area contributed by atoms with Gasteiger partial charge >= 0.3 is 5.69 Å². The number of hydrogen-bond acceptors (Lipinski definition) is 3. The molecule has 0 unspecified atom stereocenters. The van der Waals surface area contributed by atoms with Crippen LogP contribution in [0.2, 0.25) is 0 Å². The van der Waals surface area contributed by atoms with Crippen molar-refractivity contribution >= 4 is 21.8 Å². The third kappa shape index (κ3) is 3.37. The summed E-state index contributed by atoms with van der Waals surface area (Å²) in [6.07, 6.45) is 10.5. The van der Waals surface area contributed by atoms with Crippen LogP contribution < -0.4 is 5.69 Å². The van der Waals surface area contributed by atoms with Crippen LogP contribution in [0.3, 0.4) is 0 Å². The van der Waals surface area contributed by atoms with Crippen molar-refractivity contribution in [3.8, 4) is 23.0 Å². The number of hydrogen-bond donors (Lipinski definition) is 1. The maximum atomic E-state index is 13.2. The van der Waals surface area contributed by atoms with Crippen LogP contribution in [0.1, 0.15) is 12.1 Å². The van der Waals surface area contributed by atoms with Gasteiger partial charge in [0.15, 0.2) is 0 Å². The lowest BCUT2D eigenvalue weighted by Crippen LogP contribution is -2.15. The molecule has 4 heterocycles. The van der Waals surface area contributed by atoms with Gasteiger partial charge in [-0.15, -0.1) is 0 Å². The van der Waals surface area contributed by atoms with Gasteiger partial charge in [0.2, 0.25) is 0 Å². The second-order valence-corrected chi connectivity index (χ2v) is 8.65. The predicted molar refractivity (Wildman–Crippen MR) is 135 cm³/mol. The summed E-state index contributed by atoms with van der Waals surface area (Å²) in [7, 11) is 1.96. The molecule has 0 fully saturated rings. The van der Waals surface area contributed by atoms with Crippen LogP contribution in [0.5, 0.6) is 0 Å². The van der Waals surface area contributed by atoms with E-state index in [2.05, 4.69) is 37.4 Å². The van der Waals surface area contributed by atoms with Crippen LogP contribution in [-0.2, 0) is 20.1 Å². The molecule has 4 aromatic heterocycles. The maximum absolute atomic E-state index is 13.2. The number of nitriles is 1. The summed E-state index contributed by atoms with van der Waals surface area (Å²) in [4.78, 5) is 20.1. The molecule has 172 valence electrons. The number of imidazole rings is 2. The standard InChI is InChI=1S/C27H23N7O/c1-31-17-25(20-8-3-4-9-23(20)31)34-26(22(15-28)30-27(34)35)21-16-33(24-10-5-2-7-19(21)24)13-6-12-32-14-11-29-18-32/h2-5,7-11,14,16-18H,6,12-13H2,1H3,(H,30,35). The summed E-state index contributed by atoms with van der Waals surface area (Å²) in [5.74, 6) is 0. The van der Waals surface area contributed by atoms with E-state index in [9.17, 15) is 10.1 Å². The Morgan fingerprint density at radius 3 is 2.54 bits per heavy atom. The van der Waals surface area contributed by atoms with E-state index in [1.165, 1.54) is 0 Å². The molecule has 0 aliphatic heterocycles.